The van der Waals surface area contributed by atoms with E-state index in [0.29, 0.717) is 21.4 Å². The van der Waals surface area contributed by atoms with E-state index in [0.717, 1.165) is 5.69 Å². The predicted octanol–water partition coefficient (Wildman–Crippen LogP) is 3.43. The number of hydrogen-bond acceptors (Lipinski definition) is 5. The Labute approximate surface area is 171 Å². The minimum Gasteiger partial charge on any atom is -0.355 e. The molecule has 3 rings (SSSR count). The number of benzene rings is 1. The summed E-state index contributed by atoms with van der Waals surface area (Å²) in [5.74, 6) is -0.433. The molecular formula is C19H16Cl2N4O3. The largest absolute Gasteiger partial charge is 0.355 e. The first-order valence-corrected chi connectivity index (χ1v) is 9.04. The first kappa shape index (κ1) is 19.9. The van der Waals surface area contributed by atoms with Crippen molar-refractivity contribution in [1.29, 1.82) is 0 Å². The third-order valence-electron chi connectivity index (χ3n) is 3.85. The molecule has 0 saturated carbocycles. The minimum atomic E-state index is -0.451. The number of aromatic nitrogens is 2. The van der Waals surface area contributed by atoms with Gasteiger partial charge in [-0.1, -0.05) is 34.4 Å². The van der Waals surface area contributed by atoms with Crippen LogP contribution in [0.4, 0.5) is 0 Å². The fourth-order valence-corrected chi connectivity index (χ4v) is 2.92. The van der Waals surface area contributed by atoms with E-state index in [2.05, 4.69) is 15.5 Å². The van der Waals surface area contributed by atoms with Crippen LogP contribution in [-0.4, -0.2) is 40.4 Å². The second-order valence-electron chi connectivity index (χ2n) is 5.96. The van der Waals surface area contributed by atoms with E-state index in [-0.39, 0.29) is 24.7 Å². The van der Waals surface area contributed by atoms with Gasteiger partial charge >= 0.3 is 0 Å². The van der Waals surface area contributed by atoms with Crippen LogP contribution in [-0.2, 0) is 11.3 Å². The maximum atomic E-state index is 12.5. The molecule has 28 heavy (non-hydrogen) atoms. The van der Waals surface area contributed by atoms with Gasteiger partial charge in [-0.15, -0.1) is 0 Å². The SMILES string of the molecule is CN(CC(=O)NCc1ccccn1)C(=O)c1cc(-c2ccc(Cl)cc2Cl)on1. The fourth-order valence-electron chi connectivity index (χ4n) is 2.42. The topological polar surface area (TPSA) is 88.3 Å². The van der Waals surface area contributed by atoms with Gasteiger partial charge in [0.05, 0.1) is 23.8 Å². The molecule has 1 N–H and O–H groups in total. The zero-order chi connectivity index (χ0) is 20.1. The molecule has 0 spiro atoms. The van der Waals surface area contributed by atoms with E-state index in [9.17, 15) is 9.59 Å². The highest BCUT2D eigenvalue weighted by atomic mass is 35.5. The summed E-state index contributed by atoms with van der Waals surface area (Å²) in [6, 6.07) is 11.8. The number of carbonyl (C=O) groups is 2. The first-order valence-electron chi connectivity index (χ1n) is 8.28. The van der Waals surface area contributed by atoms with E-state index in [4.69, 9.17) is 27.7 Å². The number of pyridine rings is 1. The lowest BCUT2D eigenvalue weighted by molar-refractivity contribution is -0.121. The summed E-state index contributed by atoms with van der Waals surface area (Å²) >= 11 is 12.0. The molecule has 2 aromatic heterocycles. The van der Waals surface area contributed by atoms with Crippen LogP contribution < -0.4 is 5.32 Å². The fraction of sp³-hybridized carbons (Fsp3) is 0.158. The van der Waals surface area contributed by atoms with Crippen LogP contribution in [0.25, 0.3) is 11.3 Å². The van der Waals surface area contributed by atoms with Gasteiger partial charge in [0.1, 0.15) is 0 Å². The number of hydrogen-bond donors (Lipinski definition) is 1. The summed E-state index contributed by atoms with van der Waals surface area (Å²) in [7, 11) is 1.51. The smallest absolute Gasteiger partial charge is 0.276 e. The van der Waals surface area contributed by atoms with Gasteiger partial charge in [0, 0.05) is 29.9 Å². The third-order valence-corrected chi connectivity index (χ3v) is 4.39. The van der Waals surface area contributed by atoms with Crippen molar-refractivity contribution in [2.75, 3.05) is 13.6 Å². The zero-order valence-electron chi connectivity index (χ0n) is 14.9. The Morgan fingerprint density at radius 2 is 2.00 bits per heavy atom. The normalized spacial score (nSPS) is 10.5. The van der Waals surface area contributed by atoms with E-state index >= 15 is 0 Å². The van der Waals surface area contributed by atoms with Crippen molar-refractivity contribution >= 4 is 35.0 Å². The van der Waals surface area contributed by atoms with Crippen LogP contribution in [0.5, 0.6) is 0 Å². The van der Waals surface area contributed by atoms with Crippen LogP contribution >= 0.6 is 23.2 Å². The summed E-state index contributed by atoms with van der Waals surface area (Å²) in [5.41, 5.74) is 1.36. The number of carbonyl (C=O) groups excluding carboxylic acids is 2. The van der Waals surface area contributed by atoms with E-state index in [1.54, 1.807) is 36.5 Å². The molecule has 0 bridgehead atoms. The van der Waals surface area contributed by atoms with Crippen molar-refractivity contribution in [3.05, 3.63) is 70.1 Å². The monoisotopic (exact) mass is 418 g/mol. The lowest BCUT2D eigenvalue weighted by atomic mass is 10.1. The third kappa shape index (κ3) is 4.88. The number of likely N-dealkylation sites (N-methyl/N-ethyl adjacent to an activating group) is 1. The summed E-state index contributed by atoms with van der Waals surface area (Å²) in [4.78, 5) is 29.9. The zero-order valence-corrected chi connectivity index (χ0v) is 16.4. The van der Waals surface area contributed by atoms with Crippen molar-refractivity contribution in [2.24, 2.45) is 0 Å². The van der Waals surface area contributed by atoms with Gasteiger partial charge < -0.3 is 14.7 Å². The van der Waals surface area contributed by atoms with Crippen LogP contribution in [0.3, 0.4) is 0 Å². The van der Waals surface area contributed by atoms with E-state index in [1.807, 2.05) is 6.07 Å². The van der Waals surface area contributed by atoms with Crippen LogP contribution in [0, 0.1) is 0 Å². The van der Waals surface area contributed by atoms with Gasteiger partial charge in [0.15, 0.2) is 11.5 Å². The quantitative estimate of drug-likeness (QED) is 0.662. The molecule has 0 radical (unpaired) electrons. The molecular weight excluding hydrogens is 403 g/mol. The van der Waals surface area contributed by atoms with Crippen molar-refractivity contribution in [3.8, 4) is 11.3 Å². The molecule has 0 aliphatic carbocycles. The van der Waals surface area contributed by atoms with Gasteiger partial charge in [0.25, 0.3) is 5.91 Å². The molecule has 0 saturated heterocycles. The molecule has 0 unspecified atom stereocenters. The average Bonchev–Trinajstić information content (AvgIpc) is 3.16. The standard InChI is InChI=1S/C19H16Cl2N4O3/c1-25(11-18(26)23-10-13-4-2-3-7-22-13)19(27)16-9-17(28-24-16)14-6-5-12(20)8-15(14)21/h2-9H,10-11H2,1H3,(H,23,26). The molecule has 0 fully saturated rings. The minimum absolute atomic E-state index is 0.0704. The molecule has 2 heterocycles. The van der Waals surface area contributed by atoms with Gasteiger partial charge in [0.2, 0.25) is 5.91 Å². The van der Waals surface area contributed by atoms with E-state index in [1.165, 1.54) is 18.0 Å². The Kier molecular flexibility index (Phi) is 6.28. The summed E-state index contributed by atoms with van der Waals surface area (Å²) in [5, 5.41) is 7.36. The van der Waals surface area contributed by atoms with Gasteiger partial charge in [-0.05, 0) is 30.3 Å². The van der Waals surface area contributed by atoms with Crippen molar-refractivity contribution < 1.29 is 14.1 Å². The maximum absolute atomic E-state index is 12.5. The molecule has 0 aliphatic heterocycles. The molecule has 0 atom stereocenters. The van der Waals surface area contributed by atoms with Crippen molar-refractivity contribution in [1.82, 2.24) is 20.4 Å². The molecule has 1 aromatic carbocycles. The number of nitrogens with zero attached hydrogens (tertiary/aromatic N) is 3. The van der Waals surface area contributed by atoms with Crippen LogP contribution in [0.15, 0.2) is 53.2 Å². The summed E-state index contributed by atoms with van der Waals surface area (Å²) in [6.07, 6.45) is 1.65. The number of halogens is 2. The Bertz CT molecular complexity index is 992. The van der Waals surface area contributed by atoms with E-state index < -0.39 is 5.91 Å². The highest BCUT2D eigenvalue weighted by molar-refractivity contribution is 6.36. The predicted molar refractivity (Wildman–Crippen MR) is 105 cm³/mol. The van der Waals surface area contributed by atoms with Crippen LogP contribution in [0.2, 0.25) is 10.0 Å². The van der Waals surface area contributed by atoms with Crippen molar-refractivity contribution in [2.45, 2.75) is 6.54 Å². The van der Waals surface area contributed by atoms with Gasteiger partial charge in [-0.2, -0.15) is 0 Å². The summed E-state index contributed by atoms with van der Waals surface area (Å²) < 4.78 is 5.22. The van der Waals surface area contributed by atoms with Gasteiger partial charge in [-0.3, -0.25) is 14.6 Å². The Morgan fingerprint density at radius 3 is 2.71 bits per heavy atom. The van der Waals surface area contributed by atoms with Crippen molar-refractivity contribution in [3.63, 3.8) is 0 Å². The molecule has 144 valence electrons. The Hall–Kier alpha value is -2.90. The Morgan fingerprint density at radius 1 is 1.18 bits per heavy atom. The molecule has 9 heteroatoms. The molecule has 7 nitrogen and oxygen atoms in total. The number of amides is 2. The lowest BCUT2D eigenvalue weighted by Gasteiger charge is -2.15. The highest BCUT2D eigenvalue weighted by Crippen LogP contribution is 2.30. The summed E-state index contributed by atoms with van der Waals surface area (Å²) in [6.45, 7) is 0.153. The molecule has 0 aliphatic rings. The van der Waals surface area contributed by atoms with Crippen LogP contribution in [0.1, 0.15) is 16.2 Å². The Balaban J connectivity index is 1.60. The first-order chi connectivity index (χ1) is 13.4. The number of rotatable bonds is 6. The highest BCUT2D eigenvalue weighted by Gasteiger charge is 2.20. The van der Waals surface area contributed by atoms with Gasteiger partial charge in [-0.25, -0.2) is 0 Å². The second-order valence-corrected chi connectivity index (χ2v) is 6.80. The maximum Gasteiger partial charge on any atom is 0.276 e. The lowest BCUT2D eigenvalue weighted by Crippen LogP contribution is -2.38. The average molecular weight is 419 g/mol. The number of nitrogens with one attached hydrogen (secondary N) is 1. The second kappa shape index (κ2) is 8.86. The molecule has 3 aromatic rings. The molecule has 2 amide bonds.